The van der Waals surface area contributed by atoms with Crippen molar-refractivity contribution < 1.29 is 17.9 Å². The molecule has 0 aliphatic carbocycles. The summed E-state index contributed by atoms with van der Waals surface area (Å²) >= 11 is 12.3. The van der Waals surface area contributed by atoms with Crippen molar-refractivity contribution in [3.05, 3.63) is 64.7 Å². The summed E-state index contributed by atoms with van der Waals surface area (Å²) in [6.07, 6.45) is 0. The maximum atomic E-state index is 12.7. The van der Waals surface area contributed by atoms with Crippen LogP contribution in [0.1, 0.15) is 23.4 Å². The van der Waals surface area contributed by atoms with E-state index in [0.29, 0.717) is 10.6 Å². The first-order valence-corrected chi connectivity index (χ1v) is 10.2. The summed E-state index contributed by atoms with van der Waals surface area (Å²) in [6.45, 7) is 3.58. The smallest absolute Gasteiger partial charge is 0.326 e. The number of rotatable bonds is 7. The number of hydrogen-bond acceptors (Lipinski definition) is 4. The molecule has 0 aliphatic heterocycles. The zero-order valence-electron chi connectivity index (χ0n) is 14.3. The zero-order valence-corrected chi connectivity index (χ0v) is 16.6. The molecule has 0 saturated carbocycles. The number of carbonyl (C=O) groups excluding carboxylic acids is 1. The lowest BCUT2D eigenvalue weighted by molar-refractivity contribution is -0.145. The highest BCUT2D eigenvalue weighted by Crippen LogP contribution is 2.27. The van der Waals surface area contributed by atoms with Gasteiger partial charge in [0.05, 0.1) is 16.9 Å². The Morgan fingerprint density at radius 1 is 1.12 bits per heavy atom. The normalized spacial score (nSPS) is 13.8. The van der Waals surface area contributed by atoms with Crippen LogP contribution >= 0.6 is 23.2 Å². The average molecular weight is 416 g/mol. The van der Waals surface area contributed by atoms with E-state index in [1.54, 1.807) is 43.3 Å². The predicted octanol–water partition coefficient (Wildman–Crippen LogP) is 3.84. The largest absolute Gasteiger partial charge is 0.465 e. The maximum absolute atomic E-state index is 12.7. The SMILES string of the molecule is CCOC(=O)[C@@H](NS(=O)(=O)c1ccc(C)cc1)[C@@H](Cl)c1ccc(Cl)cc1. The molecule has 2 atom stereocenters. The fourth-order valence-electron chi connectivity index (χ4n) is 2.25. The summed E-state index contributed by atoms with van der Waals surface area (Å²) in [5, 5.41) is -0.461. The molecule has 0 unspecified atom stereocenters. The molecule has 5 nitrogen and oxygen atoms in total. The molecule has 140 valence electrons. The summed E-state index contributed by atoms with van der Waals surface area (Å²) in [5.41, 5.74) is 1.46. The Labute approximate surface area is 163 Å². The van der Waals surface area contributed by atoms with E-state index in [1.807, 2.05) is 6.92 Å². The molecule has 0 fully saturated rings. The topological polar surface area (TPSA) is 72.5 Å². The van der Waals surface area contributed by atoms with E-state index in [1.165, 1.54) is 12.1 Å². The quantitative estimate of drug-likeness (QED) is 0.550. The first-order valence-electron chi connectivity index (χ1n) is 7.89. The second kappa shape index (κ2) is 8.86. The van der Waals surface area contributed by atoms with Gasteiger partial charge >= 0.3 is 5.97 Å². The average Bonchev–Trinajstić information content (AvgIpc) is 2.60. The van der Waals surface area contributed by atoms with Crippen LogP contribution in [0.15, 0.2) is 53.4 Å². The molecule has 2 aromatic carbocycles. The van der Waals surface area contributed by atoms with E-state index in [0.717, 1.165) is 5.56 Å². The number of aryl methyl sites for hydroxylation is 1. The van der Waals surface area contributed by atoms with Gasteiger partial charge in [0, 0.05) is 5.02 Å². The minimum absolute atomic E-state index is 0.0392. The summed E-state index contributed by atoms with van der Waals surface area (Å²) in [6, 6.07) is 11.5. The highest BCUT2D eigenvalue weighted by molar-refractivity contribution is 7.89. The molecule has 1 N–H and O–H groups in total. The van der Waals surface area contributed by atoms with Crippen LogP contribution in [0.4, 0.5) is 0 Å². The van der Waals surface area contributed by atoms with Crippen molar-refractivity contribution in [3.63, 3.8) is 0 Å². The number of halogens is 2. The van der Waals surface area contributed by atoms with Crippen LogP contribution in [-0.4, -0.2) is 27.0 Å². The van der Waals surface area contributed by atoms with Crippen molar-refractivity contribution in [1.82, 2.24) is 4.72 Å². The molecule has 2 rings (SSSR count). The lowest BCUT2D eigenvalue weighted by atomic mass is 10.1. The molecule has 0 saturated heterocycles. The number of hydrogen-bond donors (Lipinski definition) is 1. The molecule has 26 heavy (non-hydrogen) atoms. The second-order valence-corrected chi connectivity index (χ2v) is 8.24. The van der Waals surface area contributed by atoms with Crippen LogP contribution in [0.25, 0.3) is 0 Å². The highest BCUT2D eigenvalue weighted by atomic mass is 35.5. The summed E-state index contributed by atoms with van der Waals surface area (Å²) in [7, 11) is -3.96. The number of esters is 1. The standard InChI is InChI=1S/C18H19Cl2NO4S/c1-3-25-18(22)17(16(20)13-6-8-14(19)9-7-13)21-26(23,24)15-10-4-12(2)5-11-15/h4-11,16-17,21H,3H2,1-2H3/t16-,17-/m0/s1. The van der Waals surface area contributed by atoms with Crippen molar-refractivity contribution in [2.75, 3.05) is 6.61 Å². The summed E-state index contributed by atoms with van der Waals surface area (Å²) in [4.78, 5) is 12.4. The van der Waals surface area contributed by atoms with E-state index in [9.17, 15) is 13.2 Å². The lowest BCUT2D eigenvalue weighted by Gasteiger charge is -2.22. The Morgan fingerprint density at radius 2 is 1.69 bits per heavy atom. The third kappa shape index (κ3) is 5.20. The van der Waals surface area contributed by atoms with Crippen LogP contribution < -0.4 is 4.72 Å². The molecule has 0 spiro atoms. The zero-order chi connectivity index (χ0) is 19.3. The minimum Gasteiger partial charge on any atom is -0.465 e. The molecular formula is C18H19Cl2NO4S. The van der Waals surface area contributed by atoms with Crippen molar-refractivity contribution in [2.45, 2.75) is 30.2 Å². The molecule has 0 aliphatic rings. The maximum Gasteiger partial charge on any atom is 0.326 e. The van der Waals surface area contributed by atoms with Crippen LogP contribution in [-0.2, 0) is 19.6 Å². The van der Waals surface area contributed by atoms with Crippen LogP contribution in [0.2, 0.25) is 5.02 Å². The molecule has 0 radical (unpaired) electrons. The van der Waals surface area contributed by atoms with Gasteiger partial charge in [-0.15, -0.1) is 11.6 Å². The fraction of sp³-hybridized carbons (Fsp3) is 0.278. The number of nitrogens with one attached hydrogen (secondary N) is 1. The van der Waals surface area contributed by atoms with Crippen molar-refractivity contribution in [1.29, 1.82) is 0 Å². The first-order chi connectivity index (χ1) is 12.2. The highest BCUT2D eigenvalue weighted by Gasteiger charge is 2.34. The van der Waals surface area contributed by atoms with Gasteiger partial charge in [0.15, 0.2) is 0 Å². The van der Waals surface area contributed by atoms with Gasteiger partial charge in [-0.25, -0.2) is 8.42 Å². The van der Waals surface area contributed by atoms with Gasteiger partial charge in [0.1, 0.15) is 6.04 Å². The Hall–Kier alpha value is -1.60. The Morgan fingerprint density at radius 3 is 2.23 bits per heavy atom. The molecule has 2 aromatic rings. The van der Waals surface area contributed by atoms with E-state index in [2.05, 4.69) is 4.72 Å². The molecule has 0 amide bonds. The third-order valence-electron chi connectivity index (χ3n) is 3.64. The van der Waals surface area contributed by atoms with Crippen LogP contribution in [0, 0.1) is 6.92 Å². The Bertz CT molecular complexity index is 852. The van der Waals surface area contributed by atoms with Crippen LogP contribution in [0.5, 0.6) is 0 Å². The van der Waals surface area contributed by atoms with Gasteiger partial charge in [-0.2, -0.15) is 4.72 Å². The predicted molar refractivity (Wildman–Crippen MR) is 102 cm³/mol. The first kappa shape index (κ1) is 20.7. The van der Waals surface area contributed by atoms with Gasteiger partial charge in [0.25, 0.3) is 0 Å². The van der Waals surface area contributed by atoms with Gasteiger partial charge in [0.2, 0.25) is 10.0 Å². The van der Waals surface area contributed by atoms with Crippen molar-refractivity contribution >= 4 is 39.2 Å². The van der Waals surface area contributed by atoms with E-state index >= 15 is 0 Å². The monoisotopic (exact) mass is 415 g/mol. The van der Waals surface area contributed by atoms with E-state index < -0.39 is 27.4 Å². The van der Waals surface area contributed by atoms with Gasteiger partial charge in [-0.3, -0.25) is 4.79 Å². The van der Waals surface area contributed by atoms with Gasteiger partial charge < -0.3 is 4.74 Å². The second-order valence-electron chi connectivity index (χ2n) is 5.62. The van der Waals surface area contributed by atoms with E-state index in [4.69, 9.17) is 27.9 Å². The number of carbonyl (C=O) groups is 1. The number of benzene rings is 2. The lowest BCUT2D eigenvalue weighted by Crippen LogP contribution is -2.44. The van der Waals surface area contributed by atoms with Gasteiger partial charge in [-0.05, 0) is 43.7 Å². The third-order valence-corrected chi connectivity index (χ3v) is 5.85. The van der Waals surface area contributed by atoms with E-state index in [-0.39, 0.29) is 11.5 Å². The molecule has 0 aromatic heterocycles. The number of ether oxygens (including phenoxy) is 1. The van der Waals surface area contributed by atoms with Crippen molar-refractivity contribution in [2.24, 2.45) is 0 Å². The molecular weight excluding hydrogens is 397 g/mol. The number of sulfonamides is 1. The van der Waals surface area contributed by atoms with Gasteiger partial charge in [-0.1, -0.05) is 41.4 Å². The molecule has 8 heteroatoms. The Kier molecular flexibility index (Phi) is 7.06. The Balaban J connectivity index is 2.33. The minimum atomic E-state index is -3.96. The summed E-state index contributed by atoms with van der Waals surface area (Å²) < 4.78 is 32.7. The molecule has 0 heterocycles. The van der Waals surface area contributed by atoms with Crippen molar-refractivity contribution in [3.8, 4) is 0 Å². The summed E-state index contributed by atoms with van der Waals surface area (Å²) in [5.74, 6) is -0.752. The fourth-order valence-corrected chi connectivity index (χ4v) is 3.96. The number of alkyl halides is 1. The molecule has 0 bridgehead atoms. The van der Waals surface area contributed by atoms with Crippen LogP contribution in [0.3, 0.4) is 0 Å².